The maximum Gasteiger partial charge on any atom is 0.305 e. The van der Waals surface area contributed by atoms with Crippen molar-refractivity contribution in [3.05, 3.63) is 30.3 Å². The maximum absolute atomic E-state index is 13.0. The Bertz CT molecular complexity index is 496. The summed E-state index contributed by atoms with van der Waals surface area (Å²) < 4.78 is 0. The number of nitrogens with one attached hydrogen (secondary N) is 1. The highest BCUT2D eigenvalue weighted by Crippen LogP contribution is 2.33. The zero-order valence-corrected chi connectivity index (χ0v) is 12.3. The van der Waals surface area contributed by atoms with Gasteiger partial charge in [0.25, 0.3) is 0 Å². The molecule has 114 valence electrons. The number of para-hydroxylation sites is 1. The molecule has 0 saturated carbocycles. The standard InChI is InChI=1S/C16H22N2O3/c1-2-16(9-10-17-12-16)15(21)18(11-8-14(19)20)13-6-4-3-5-7-13/h3-7,17H,2,8-12H2,1H3,(H,19,20). The largest absolute Gasteiger partial charge is 0.481 e. The zero-order valence-electron chi connectivity index (χ0n) is 12.3. The van der Waals surface area contributed by atoms with Crippen molar-refractivity contribution in [2.75, 3.05) is 24.5 Å². The van der Waals surface area contributed by atoms with Gasteiger partial charge in [0.2, 0.25) is 5.91 Å². The molecular weight excluding hydrogens is 268 g/mol. The lowest BCUT2D eigenvalue weighted by atomic mass is 9.82. The van der Waals surface area contributed by atoms with Crippen molar-refractivity contribution in [3.8, 4) is 0 Å². The molecule has 0 aliphatic carbocycles. The van der Waals surface area contributed by atoms with Gasteiger partial charge in [0.05, 0.1) is 11.8 Å². The molecule has 0 aromatic heterocycles. The van der Waals surface area contributed by atoms with Gasteiger partial charge in [-0.3, -0.25) is 9.59 Å². The van der Waals surface area contributed by atoms with E-state index in [9.17, 15) is 9.59 Å². The minimum Gasteiger partial charge on any atom is -0.481 e. The number of carbonyl (C=O) groups is 2. The van der Waals surface area contributed by atoms with E-state index in [2.05, 4.69) is 5.32 Å². The van der Waals surface area contributed by atoms with E-state index >= 15 is 0 Å². The van der Waals surface area contributed by atoms with Crippen molar-refractivity contribution in [3.63, 3.8) is 0 Å². The van der Waals surface area contributed by atoms with Crippen molar-refractivity contribution >= 4 is 17.6 Å². The summed E-state index contributed by atoms with van der Waals surface area (Å²) in [6, 6.07) is 9.32. The highest BCUT2D eigenvalue weighted by atomic mass is 16.4. The average Bonchev–Trinajstić information content (AvgIpc) is 2.98. The van der Waals surface area contributed by atoms with Gasteiger partial charge in [-0.25, -0.2) is 0 Å². The molecule has 1 aliphatic rings. The van der Waals surface area contributed by atoms with Crippen molar-refractivity contribution < 1.29 is 14.7 Å². The van der Waals surface area contributed by atoms with E-state index in [0.717, 1.165) is 25.1 Å². The van der Waals surface area contributed by atoms with Crippen LogP contribution in [0.5, 0.6) is 0 Å². The van der Waals surface area contributed by atoms with Gasteiger partial charge in [-0.2, -0.15) is 0 Å². The third-order valence-corrected chi connectivity index (χ3v) is 4.24. The van der Waals surface area contributed by atoms with Crippen LogP contribution in [0.1, 0.15) is 26.2 Å². The molecule has 2 N–H and O–H groups in total. The Morgan fingerprint density at radius 3 is 2.57 bits per heavy atom. The fraction of sp³-hybridized carbons (Fsp3) is 0.500. The number of hydrogen-bond donors (Lipinski definition) is 2. The topological polar surface area (TPSA) is 69.6 Å². The fourth-order valence-corrected chi connectivity index (χ4v) is 2.83. The number of hydrogen-bond acceptors (Lipinski definition) is 3. The minimum absolute atomic E-state index is 0.0300. The van der Waals surface area contributed by atoms with Crippen LogP contribution in [-0.4, -0.2) is 36.6 Å². The summed E-state index contributed by atoms with van der Waals surface area (Å²) in [6.07, 6.45) is 1.52. The molecule has 5 heteroatoms. The van der Waals surface area contributed by atoms with Crippen LogP contribution in [0.25, 0.3) is 0 Å². The number of carboxylic acid groups (broad SMARTS) is 1. The molecule has 0 bridgehead atoms. The number of aliphatic carboxylic acids is 1. The number of carboxylic acids is 1. The predicted molar refractivity (Wildman–Crippen MR) is 81.3 cm³/mol. The molecule has 2 rings (SSSR count). The number of benzene rings is 1. The molecule has 1 aromatic carbocycles. The first-order valence-electron chi connectivity index (χ1n) is 7.38. The molecular formula is C16H22N2O3. The van der Waals surface area contributed by atoms with Gasteiger partial charge in [-0.15, -0.1) is 0 Å². The van der Waals surface area contributed by atoms with Gasteiger partial charge in [0, 0.05) is 18.8 Å². The van der Waals surface area contributed by atoms with Crippen LogP contribution < -0.4 is 10.2 Å². The second kappa shape index (κ2) is 6.72. The monoisotopic (exact) mass is 290 g/mol. The normalized spacial score (nSPS) is 21.2. The lowest BCUT2D eigenvalue weighted by Crippen LogP contribution is -2.46. The Morgan fingerprint density at radius 2 is 2.05 bits per heavy atom. The summed E-state index contributed by atoms with van der Waals surface area (Å²) in [5.41, 5.74) is 0.359. The number of rotatable bonds is 6. The van der Waals surface area contributed by atoms with Crippen LogP contribution in [0.4, 0.5) is 5.69 Å². The third kappa shape index (κ3) is 3.42. The predicted octanol–water partition coefficient (Wildman–Crippen LogP) is 1.88. The number of carbonyl (C=O) groups excluding carboxylic acids is 1. The van der Waals surface area contributed by atoms with Crippen molar-refractivity contribution in [2.45, 2.75) is 26.2 Å². The summed E-state index contributed by atoms with van der Waals surface area (Å²) in [6.45, 7) is 3.73. The SMILES string of the molecule is CCC1(C(=O)N(CCC(=O)O)c2ccccc2)CCNC1. The molecule has 0 radical (unpaired) electrons. The first kappa shape index (κ1) is 15.5. The average molecular weight is 290 g/mol. The summed E-state index contributed by atoms with van der Waals surface area (Å²) >= 11 is 0. The molecule has 1 unspecified atom stereocenters. The van der Waals surface area contributed by atoms with Gasteiger partial charge in [0.15, 0.2) is 0 Å². The highest BCUT2D eigenvalue weighted by molar-refractivity contribution is 5.98. The van der Waals surface area contributed by atoms with E-state index in [0.29, 0.717) is 6.54 Å². The van der Waals surface area contributed by atoms with Crippen LogP contribution in [0.15, 0.2) is 30.3 Å². The number of anilines is 1. The van der Waals surface area contributed by atoms with Crippen molar-refractivity contribution in [1.29, 1.82) is 0 Å². The van der Waals surface area contributed by atoms with Crippen molar-refractivity contribution in [1.82, 2.24) is 5.32 Å². The minimum atomic E-state index is -0.890. The smallest absolute Gasteiger partial charge is 0.305 e. The molecule has 0 spiro atoms. The maximum atomic E-state index is 13.0. The Labute approximate surface area is 125 Å². The Morgan fingerprint density at radius 1 is 1.33 bits per heavy atom. The molecule has 5 nitrogen and oxygen atoms in total. The Hall–Kier alpha value is -1.88. The fourth-order valence-electron chi connectivity index (χ4n) is 2.83. The van der Waals surface area contributed by atoms with E-state index in [1.54, 1.807) is 4.90 Å². The van der Waals surface area contributed by atoms with Gasteiger partial charge in [-0.1, -0.05) is 25.1 Å². The first-order chi connectivity index (χ1) is 10.1. The summed E-state index contributed by atoms with van der Waals surface area (Å²) in [5, 5.41) is 12.2. The van der Waals surface area contributed by atoms with E-state index in [4.69, 9.17) is 5.11 Å². The van der Waals surface area contributed by atoms with Gasteiger partial charge >= 0.3 is 5.97 Å². The van der Waals surface area contributed by atoms with Gasteiger partial charge in [-0.05, 0) is 31.5 Å². The van der Waals surface area contributed by atoms with Gasteiger partial charge < -0.3 is 15.3 Å². The van der Waals surface area contributed by atoms with E-state index in [-0.39, 0.29) is 18.9 Å². The van der Waals surface area contributed by atoms with Crippen molar-refractivity contribution in [2.24, 2.45) is 5.41 Å². The number of nitrogens with zero attached hydrogens (tertiary/aromatic N) is 1. The second-order valence-corrected chi connectivity index (χ2v) is 5.50. The quantitative estimate of drug-likeness (QED) is 0.839. The lowest BCUT2D eigenvalue weighted by Gasteiger charge is -2.33. The Kier molecular flexibility index (Phi) is 4.96. The first-order valence-corrected chi connectivity index (χ1v) is 7.38. The zero-order chi connectivity index (χ0) is 15.3. The van der Waals surface area contributed by atoms with E-state index < -0.39 is 11.4 Å². The summed E-state index contributed by atoms with van der Waals surface area (Å²) in [5.74, 6) is -0.860. The lowest BCUT2D eigenvalue weighted by molar-refractivity contribution is -0.136. The molecule has 1 atom stereocenters. The second-order valence-electron chi connectivity index (χ2n) is 5.50. The molecule has 1 saturated heterocycles. The highest BCUT2D eigenvalue weighted by Gasteiger charge is 2.42. The molecule has 21 heavy (non-hydrogen) atoms. The van der Waals surface area contributed by atoms with Crippen LogP contribution in [-0.2, 0) is 9.59 Å². The number of amides is 1. The van der Waals surface area contributed by atoms with E-state index in [1.807, 2.05) is 37.3 Å². The van der Waals surface area contributed by atoms with Crippen LogP contribution in [0.3, 0.4) is 0 Å². The molecule has 1 aliphatic heterocycles. The Balaban J connectivity index is 2.26. The molecule has 1 aromatic rings. The molecule has 1 fully saturated rings. The van der Waals surface area contributed by atoms with Crippen LogP contribution >= 0.6 is 0 Å². The molecule has 1 amide bonds. The summed E-state index contributed by atoms with van der Waals surface area (Å²) in [7, 11) is 0. The molecule has 1 heterocycles. The van der Waals surface area contributed by atoms with Crippen LogP contribution in [0.2, 0.25) is 0 Å². The third-order valence-electron chi connectivity index (χ3n) is 4.24. The van der Waals surface area contributed by atoms with Gasteiger partial charge in [0.1, 0.15) is 0 Å². The van der Waals surface area contributed by atoms with Crippen LogP contribution in [0, 0.1) is 5.41 Å². The van der Waals surface area contributed by atoms with E-state index in [1.165, 1.54) is 0 Å². The summed E-state index contributed by atoms with van der Waals surface area (Å²) in [4.78, 5) is 25.5.